The first-order valence-corrected chi connectivity index (χ1v) is 9.85. The summed E-state index contributed by atoms with van der Waals surface area (Å²) in [5.41, 5.74) is 1.000. The van der Waals surface area contributed by atoms with Crippen molar-refractivity contribution in [3.8, 4) is 5.75 Å². The molecule has 1 aromatic carbocycles. The van der Waals surface area contributed by atoms with E-state index in [1.807, 2.05) is 12.1 Å². The third-order valence-electron chi connectivity index (χ3n) is 4.28. The fourth-order valence-corrected chi connectivity index (χ4v) is 3.67. The first kappa shape index (κ1) is 18.4. The number of aromatic hydroxyl groups is 1. The van der Waals surface area contributed by atoms with Gasteiger partial charge in [0.1, 0.15) is 11.6 Å². The van der Waals surface area contributed by atoms with Crippen LogP contribution in [0.5, 0.6) is 5.75 Å². The number of hydrogen-bond donors (Lipinski definition) is 2. The third kappa shape index (κ3) is 4.63. The van der Waals surface area contributed by atoms with E-state index in [1.54, 1.807) is 12.1 Å². The van der Waals surface area contributed by atoms with Gasteiger partial charge in [0.15, 0.2) is 5.96 Å². The van der Waals surface area contributed by atoms with Gasteiger partial charge in [0, 0.05) is 50.7 Å². The molecule has 0 saturated carbocycles. The van der Waals surface area contributed by atoms with Crippen LogP contribution in [0.3, 0.4) is 0 Å². The smallest absolute Gasteiger partial charge is 0.205 e. The van der Waals surface area contributed by atoms with E-state index in [0.29, 0.717) is 6.54 Å². The Morgan fingerprint density at radius 2 is 2.08 bits per heavy atom. The second-order valence-electron chi connectivity index (χ2n) is 6.16. The van der Waals surface area contributed by atoms with Crippen LogP contribution < -0.4 is 10.2 Å². The average Bonchev–Trinajstić information content (AvgIpc) is 3.15. The molecule has 0 aliphatic carbocycles. The number of phenolic OH excluding ortho intramolecular Hbond substituents is 1. The molecule has 0 amide bonds. The molecular formula is C18H26N6OS. The minimum Gasteiger partial charge on any atom is -0.508 e. The van der Waals surface area contributed by atoms with E-state index in [-0.39, 0.29) is 5.75 Å². The number of rotatable bonds is 5. The van der Waals surface area contributed by atoms with Crippen LogP contribution in [0, 0.1) is 0 Å². The van der Waals surface area contributed by atoms with Gasteiger partial charge in [-0.3, -0.25) is 0 Å². The van der Waals surface area contributed by atoms with Gasteiger partial charge in [-0.1, -0.05) is 19.1 Å². The van der Waals surface area contributed by atoms with Crippen LogP contribution in [0.2, 0.25) is 0 Å². The quantitative estimate of drug-likeness (QED) is 0.616. The monoisotopic (exact) mass is 374 g/mol. The van der Waals surface area contributed by atoms with Gasteiger partial charge in [-0.05, 0) is 24.6 Å². The highest BCUT2D eigenvalue weighted by Crippen LogP contribution is 2.19. The molecule has 0 bridgehead atoms. The molecule has 1 saturated heterocycles. The molecule has 1 aromatic heterocycles. The Hall–Kier alpha value is -2.35. The lowest BCUT2D eigenvalue weighted by atomic mass is 10.2. The van der Waals surface area contributed by atoms with Crippen molar-refractivity contribution in [3.05, 3.63) is 35.7 Å². The van der Waals surface area contributed by atoms with Crippen LogP contribution in [0.25, 0.3) is 0 Å². The molecule has 1 aliphatic heterocycles. The normalized spacial score (nSPS) is 15.4. The van der Waals surface area contributed by atoms with Gasteiger partial charge in [0.2, 0.25) is 5.13 Å². The fourth-order valence-electron chi connectivity index (χ4n) is 2.87. The third-order valence-corrected chi connectivity index (χ3v) is 5.09. The molecule has 2 heterocycles. The highest BCUT2D eigenvalue weighted by molar-refractivity contribution is 7.09. The zero-order valence-electron chi connectivity index (χ0n) is 15.4. The number of nitrogens with zero attached hydrogens (tertiary/aromatic N) is 5. The summed E-state index contributed by atoms with van der Waals surface area (Å²) in [6, 6.07) is 7.25. The molecule has 0 unspecified atom stereocenters. The molecule has 140 valence electrons. The Bertz CT molecular complexity index is 739. The summed E-state index contributed by atoms with van der Waals surface area (Å²) in [6.45, 7) is 9.15. The molecule has 8 heteroatoms. The first-order chi connectivity index (χ1) is 12.7. The molecule has 0 atom stereocenters. The summed E-state index contributed by atoms with van der Waals surface area (Å²) in [7, 11) is 0. The van der Waals surface area contributed by atoms with Crippen LogP contribution in [0.1, 0.15) is 25.2 Å². The van der Waals surface area contributed by atoms with Gasteiger partial charge in [-0.15, -0.1) is 0 Å². The number of phenols is 1. The van der Waals surface area contributed by atoms with Crippen molar-refractivity contribution in [3.63, 3.8) is 0 Å². The number of nitrogens with one attached hydrogen (secondary N) is 1. The SMILES string of the molecule is CCNC(=NCc1cccc(O)c1)N1CCN(c2nc(CC)ns2)CC1. The van der Waals surface area contributed by atoms with Crippen LogP contribution in [-0.4, -0.2) is 58.0 Å². The number of hydrogen-bond acceptors (Lipinski definition) is 6. The summed E-state index contributed by atoms with van der Waals surface area (Å²) in [5, 5.41) is 14.0. The van der Waals surface area contributed by atoms with Gasteiger partial charge in [0.05, 0.1) is 6.54 Å². The van der Waals surface area contributed by atoms with Crippen LogP contribution >= 0.6 is 11.5 Å². The van der Waals surface area contributed by atoms with E-state index in [2.05, 4.69) is 38.3 Å². The summed E-state index contributed by atoms with van der Waals surface area (Å²) >= 11 is 1.49. The number of guanidine groups is 1. The van der Waals surface area contributed by atoms with Crippen LogP contribution in [-0.2, 0) is 13.0 Å². The minimum atomic E-state index is 0.278. The number of aryl methyl sites for hydroxylation is 1. The molecule has 1 fully saturated rings. The summed E-state index contributed by atoms with van der Waals surface area (Å²) < 4.78 is 4.38. The van der Waals surface area contributed by atoms with Gasteiger partial charge in [-0.25, -0.2) is 9.98 Å². The number of aliphatic imine (C=N–C) groups is 1. The standard InChI is InChI=1S/C18H26N6OS/c1-3-16-21-18(26-22-16)24-10-8-23(9-11-24)17(19-4-2)20-13-14-6-5-7-15(25)12-14/h5-7,12,25H,3-4,8-11,13H2,1-2H3,(H,19,20). The largest absolute Gasteiger partial charge is 0.508 e. The predicted octanol–water partition coefficient (Wildman–Crippen LogP) is 2.09. The number of anilines is 1. The van der Waals surface area contributed by atoms with E-state index >= 15 is 0 Å². The van der Waals surface area contributed by atoms with E-state index in [9.17, 15) is 5.11 Å². The second kappa shape index (κ2) is 8.84. The van der Waals surface area contributed by atoms with Gasteiger partial charge in [0.25, 0.3) is 0 Å². The average molecular weight is 375 g/mol. The molecule has 0 radical (unpaired) electrons. The number of aromatic nitrogens is 2. The van der Waals surface area contributed by atoms with E-state index in [0.717, 1.165) is 61.6 Å². The summed E-state index contributed by atoms with van der Waals surface area (Å²) in [6.07, 6.45) is 0.878. The Morgan fingerprint density at radius 1 is 1.27 bits per heavy atom. The summed E-state index contributed by atoms with van der Waals surface area (Å²) in [4.78, 5) is 13.9. The summed E-state index contributed by atoms with van der Waals surface area (Å²) in [5.74, 6) is 2.12. The van der Waals surface area contributed by atoms with E-state index in [4.69, 9.17) is 4.99 Å². The van der Waals surface area contributed by atoms with Crippen LogP contribution in [0.15, 0.2) is 29.3 Å². The lowest BCUT2D eigenvalue weighted by Gasteiger charge is -2.36. The van der Waals surface area contributed by atoms with Crippen molar-refractivity contribution >= 4 is 22.6 Å². The topological polar surface area (TPSA) is 76.9 Å². The maximum atomic E-state index is 9.60. The molecule has 7 nitrogen and oxygen atoms in total. The molecule has 2 aromatic rings. The zero-order chi connectivity index (χ0) is 18.4. The van der Waals surface area contributed by atoms with Crippen molar-refractivity contribution in [2.45, 2.75) is 26.8 Å². The van der Waals surface area contributed by atoms with Crippen molar-refractivity contribution in [1.82, 2.24) is 19.6 Å². The lowest BCUT2D eigenvalue weighted by Crippen LogP contribution is -2.52. The Morgan fingerprint density at radius 3 is 2.73 bits per heavy atom. The van der Waals surface area contributed by atoms with Crippen molar-refractivity contribution in [2.24, 2.45) is 4.99 Å². The van der Waals surface area contributed by atoms with Crippen molar-refractivity contribution in [2.75, 3.05) is 37.6 Å². The maximum Gasteiger partial charge on any atom is 0.205 e. The Balaban J connectivity index is 1.61. The number of piperazine rings is 1. The zero-order valence-corrected chi connectivity index (χ0v) is 16.2. The van der Waals surface area contributed by atoms with Crippen molar-refractivity contribution in [1.29, 1.82) is 0 Å². The molecule has 0 spiro atoms. The second-order valence-corrected chi connectivity index (χ2v) is 6.89. The minimum absolute atomic E-state index is 0.278. The lowest BCUT2D eigenvalue weighted by molar-refractivity contribution is 0.372. The molecule has 3 rings (SSSR count). The fraction of sp³-hybridized carbons (Fsp3) is 0.500. The van der Waals surface area contributed by atoms with Gasteiger partial charge in [-0.2, -0.15) is 4.37 Å². The maximum absolute atomic E-state index is 9.60. The van der Waals surface area contributed by atoms with Crippen molar-refractivity contribution < 1.29 is 5.11 Å². The first-order valence-electron chi connectivity index (χ1n) is 9.08. The Labute approximate surface area is 158 Å². The molecule has 1 aliphatic rings. The number of benzene rings is 1. The molecular weight excluding hydrogens is 348 g/mol. The van der Waals surface area contributed by atoms with E-state index in [1.165, 1.54) is 11.5 Å². The molecule has 2 N–H and O–H groups in total. The highest BCUT2D eigenvalue weighted by Gasteiger charge is 2.22. The Kier molecular flexibility index (Phi) is 6.27. The predicted molar refractivity (Wildman–Crippen MR) is 106 cm³/mol. The highest BCUT2D eigenvalue weighted by atomic mass is 32.1. The van der Waals surface area contributed by atoms with Gasteiger partial charge >= 0.3 is 0 Å². The van der Waals surface area contributed by atoms with Crippen LogP contribution in [0.4, 0.5) is 5.13 Å². The van der Waals surface area contributed by atoms with Gasteiger partial charge < -0.3 is 20.2 Å². The molecule has 26 heavy (non-hydrogen) atoms. The van der Waals surface area contributed by atoms with E-state index < -0.39 is 0 Å².